The monoisotopic (exact) mass is 344 g/mol. The second-order valence-electron chi connectivity index (χ2n) is 5.05. The summed E-state index contributed by atoms with van der Waals surface area (Å²) < 4.78 is 31.6. The minimum Gasteiger partial charge on any atom is -0.355 e. The number of aromatic nitrogens is 2. The number of para-hydroxylation sites is 1. The van der Waals surface area contributed by atoms with Crippen LogP contribution in [0.5, 0.6) is 0 Å². The first-order valence-electron chi connectivity index (χ1n) is 7.20. The molecule has 0 amide bonds. The van der Waals surface area contributed by atoms with Gasteiger partial charge in [0.15, 0.2) is 5.82 Å². The molecule has 0 aliphatic heterocycles. The molecule has 0 bridgehead atoms. The SMILES string of the molecule is CNS(=O)(=O)c1ccc(Nc2ccccc2)c(-c2nc(C)no2)c1. The lowest BCUT2D eigenvalue weighted by Crippen LogP contribution is -2.18. The third kappa shape index (κ3) is 3.29. The van der Waals surface area contributed by atoms with Gasteiger partial charge in [0.05, 0.1) is 16.1 Å². The quantitative estimate of drug-likeness (QED) is 0.738. The molecule has 1 heterocycles. The van der Waals surface area contributed by atoms with Gasteiger partial charge in [-0.05, 0) is 44.3 Å². The van der Waals surface area contributed by atoms with Crippen LogP contribution in [0.25, 0.3) is 11.5 Å². The normalized spacial score (nSPS) is 11.4. The molecule has 8 heteroatoms. The largest absolute Gasteiger partial charge is 0.355 e. The number of benzene rings is 2. The highest BCUT2D eigenvalue weighted by atomic mass is 32.2. The molecule has 0 radical (unpaired) electrons. The summed E-state index contributed by atoms with van der Waals surface area (Å²) in [6.45, 7) is 1.70. The third-order valence-electron chi connectivity index (χ3n) is 3.38. The van der Waals surface area contributed by atoms with Crippen LogP contribution in [0.2, 0.25) is 0 Å². The van der Waals surface area contributed by atoms with E-state index >= 15 is 0 Å². The van der Waals surface area contributed by atoms with Crippen molar-refractivity contribution < 1.29 is 12.9 Å². The number of hydrogen-bond acceptors (Lipinski definition) is 6. The van der Waals surface area contributed by atoms with Gasteiger partial charge in [-0.2, -0.15) is 4.98 Å². The van der Waals surface area contributed by atoms with Crippen LogP contribution in [0, 0.1) is 6.92 Å². The molecule has 24 heavy (non-hydrogen) atoms. The molecule has 7 nitrogen and oxygen atoms in total. The number of anilines is 2. The Morgan fingerprint density at radius 2 is 1.83 bits per heavy atom. The van der Waals surface area contributed by atoms with Gasteiger partial charge in [-0.15, -0.1) is 0 Å². The van der Waals surface area contributed by atoms with E-state index in [-0.39, 0.29) is 10.8 Å². The maximum absolute atomic E-state index is 12.1. The lowest BCUT2D eigenvalue weighted by molar-refractivity contribution is 0.425. The Morgan fingerprint density at radius 1 is 1.08 bits per heavy atom. The van der Waals surface area contributed by atoms with E-state index in [9.17, 15) is 8.42 Å². The van der Waals surface area contributed by atoms with Crippen LogP contribution in [-0.4, -0.2) is 25.6 Å². The molecule has 0 aliphatic carbocycles. The summed E-state index contributed by atoms with van der Waals surface area (Å²) in [4.78, 5) is 4.32. The van der Waals surface area contributed by atoms with Crippen LogP contribution < -0.4 is 10.0 Å². The summed E-state index contributed by atoms with van der Waals surface area (Å²) in [5, 5.41) is 7.01. The van der Waals surface area contributed by atoms with Crippen molar-refractivity contribution in [1.82, 2.24) is 14.9 Å². The van der Waals surface area contributed by atoms with Gasteiger partial charge in [-0.25, -0.2) is 13.1 Å². The van der Waals surface area contributed by atoms with E-state index in [0.717, 1.165) is 5.69 Å². The van der Waals surface area contributed by atoms with Crippen molar-refractivity contribution in [1.29, 1.82) is 0 Å². The molecular formula is C16H16N4O3S. The Morgan fingerprint density at radius 3 is 2.46 bits per heavy atom. The molecule has 2 N–H and O–H groups in total. The van der Waals surface area contributed by atoms with E-state index in [4.69, 9.17) is 4.52 Å². The van der Waals surface area contributed by atoms with E-state index < -0.39 is 10.0 Å². The number of hydrogen-bond donors (Lipinski definition) is 2. The predicted molar refractivity (Wildman–Crippen MR) is 90.4 cm³/mol. The van der Waals surface area contributed by atoms with Crippen LogP contribution in [0.15, 0.2) is 57.9 Å². The molecule has 3 rings (SSSR count). The van der Waals surface area contributed by atoms with Crippen molar-refractivity contribution in [3.8, 4) is 11.5 Å². The molecule has 0 aliphatic rings. The molecule has 0 fully saturated rings. The van der Waals surface area contributed by atoms with Gasteiger partial charge >= 0.3 is 0 Å². The van der Waals surface area contributed by atoms with Gasteiger partial charge in [-0.3, -0.25) is 0 Å². The molecule has 2 aromatic carbocycles. The predicted octanol–water partition coefficient (Wildman–Crippen LogP) is 2.70. The molecule has 3 aromatic rings. The van der Waals surface area contributed by atoms with E-state index in [1.165, 1.54) is 19.2 Å². The fourth-order valence-electron chi connectivity index (χ4n) is 2.18. The highest BCUT2D eigenvalue weighted by Gasteiger charge is 2.18. The number of aryl methyl sites for hydroxylation is 1. The number of rotatable bonds is 5. The maximum Gasteiger partial charge on any atom is 0.260 e. The minimum atomic E-state index is -3.58. The summed E-state index contributed by atoms with van der Waals surface area (Å²) in [7, 11) is -2.22. The van der Waals surface area contributed by atoms with Gasteiger partial charge < -0.3 is 9.84 Å². The van der Waals surface area contributed by atoms with Crippen molar-refractivity contribution in [2.45, 2.75) is 11.8 Å². The average molecular weight is 344 g/mol. The van der Waals surface area contributed by atoms with E-state index in [1.54, 1.807) is 13.0 Å². The van der Waals surface area contributed by atoms with Crippen molar-refractivity contribution >= 4 is 21.4 Å². The molecule has 0 saturated heterocycles. The van der Waals surface area contributed by atoms with Crippen molar-refractivity contribution in [2.24, 2.45) is 0 Å². The number of sulfonamides is 1. The fourth-order valence-corrected chi connectivity index (χ4v) is 2.93. The smallest absolute Gasteiger partial charge is 0.260 e. The third-order valence-corrected chi connectivity index (χ3v) is 4.79. The zero-order valence-corrected chi connectivity index (χ0v) is 14.0. The summed E-state index contributed by atoms with van der Waals surface area (Å²) >= 11 is 0. The standard InChI is InChI=1S/C16H16N4O3S/c1-11-18-16(23-20-11)14-10-13(24(21,22)17-2)8-9-15(14)19-12-6-4-3-5-7-12/h3-10,17,19H,1-2H3. The first-order valence-corrected chi connectivity index (χ1v) is 8.68. The van der Waals surface area contributed by atoms with E-state index in [0.29, 0.717) is 17.1 Å². The minimum absolute atomic E-state index is 0.120. The average Bonchev–Trinajstić information content (AvgIpc) is 3.02. The Labute approximate surface area is 139 Å². The Bertz CT molecular complexity index is 952. The summed E-state index contributed by atoms with van der Waals surface area (Å²) in [5.41, 5.74) is 2.04. The van der Waals surface area contributed by atoms with Crippen molar-refractivity contribution in [3.63, 3.8) is 0 Å². The summed E-state index contributed by atoms with van der Waals surface area (Å²) in [6, 6.07) is 14.2. The van der Waals surface area contributed by atoms with Gasteiger partial charge in [0.1, 0.15) is 0 Å². The molecule has 0 unspecified atom stereocenters. The molecule has 0 spiro atoms. The van der Waals surface area contributed by atoms with Crippen LogP contribution in [0.1, 0.15) is 5.82 Å². The van der Waals surface area contributed by atoms with Gasteiger partial charge in [0, 0.05) is 5.69 Å². The molecular weight excluding hydrogens is 328 g/mol. The van der Waals surface area contributed by atoms with Crippen molar-refractivity contribution in [3.05, 3.63) is 54.4 Å². The lowest BCUT2D eigenvalue weighted by Gasteiger charge is -2.12. The molecule has 0 saturated carbocycles. The van der Waals surface area contributed by atoms with Crippen LogP contribution in [0.4, 0.5) is 11.4 Å². The second kappa shape index (κ2) is 6.42. The lowest BCUT2D eigenvalue weighted by atomic mass is 10.1. The Hall–Kier alpha value is -2.71. The fraction of sp³-hybridized carbons (Fsp3) is 0.125. The molecule has 124 valence electrons. The zero-order chi connectivity index (χ0) is 17.2. The summed E-state index contributed by atoms with van der Waals surface area (Å²) in [6.07, 6.45) is 0. The van der Waals surface area contributed by atoms with E-state index in [2.05, 4.69) is 20.2 Å². The maximum atomic E-state index is 12.1. The van der Waals surface area contributed by atoms with Gasteiger partial charge in [0.2, 0.25) is 10.0 Å². The Kier molecular flexibility index (Phi) is 4.32. The first-order chi connectivity index (χ1) is 11.5. The number of nitrogens with zero attached hydrogens (tertiary/aromatic N) is 2. The highest BCUT2D eigenvalue weighted by Crippen LogP contribution is 2.31. The topological polar surface area (TPSA) is 97.1 Å². The van der Waals surface area contributed by atoms with Crippen LogP contribution in [-0.2, 0) is 10.0 Å². The zero-order valence-electron chi connectivity index (χ0n) is 13.1. The Balaban J connectivity index is 2.11. The highest BCUT2D eigenvalue weighted by molar-refractivity contribution is 7.89. The van der Waals surface area contributed by atoms with Gasteiger partial charge in [-0.1, -0.05) is 23.4 Å². The van der Waals surface area contributed by atoms with Crippen LogP contribution in [0.3, 0.4) is 0 Å². The van der Waals surface area contributed by atoms with E-state index in [1.807, 2.05) is 30.3 Å². The van der Waals surface area contributed by atoms with Crippen LogP contribution >= 0.6 is 0 Å². The number of nitrogens with one attached hydrogen (secondary N) is 2. The second-order valence-corrected chi connectivity index (χ2v) is 6.94. The summed E-state index contributed by atoms with van der Waals surface area (Å²) in [5.74, 6) is 0.719. The molecule has 1 aromatic heterocycles. The van der Waals surface area contributed by atoms with Gasteiger partial charge in [0.25, 0.3) is 5.89 Å². The first kappa shape index (κ1) is 16.2. The van der Waals surface area contributed by atoms with Crippen molar-refractivity contribution in [2.75, 3.05) is 12.4 Å². The molecule has 0 atom stereocenters.